The van der Waals surface area contributed by atoms with Gasteiger partial charge in [-0.25, -0.2) is 8.78 Å². The molecule has 1 aliphatic rings. The van der Waals surface area contributed by atoms with E-state index in [1.54, 1.807) is 36.3 Å². The molecule has 1 heterocycles. The molecule has 0 spiro atoms. The van der Waals surface area contributed by atoms with Crippen LogP contribution in [0, 0.1) is 17.6 Å². The molecule has 1 saturated heterocycles. The van der Waals surface area contributed by atoms with E-state index in [9.17, 15) is 13.6 Å². The maximum absolute atomic E-state index is 13.9. The minimum absolute atomic E-state index is 0.0142. The first-order valence-electron chi connectivity index (χ1n) is 10.5. The molecule has 0 unspecified atom stereocenters. The zero-order valence-corrected chi connectivity index (χ0v) is 18.1. The SMILES string of the molecule is COCCN(C[C@@H]1CN(Cc2ccc(F)cc2)C[C@H]1c1cccc(F)c1)C(=O)COC. The highest BCUT2D eigenvalue weighted by Crippen LogP contribution is 2.34. The normalized spacial score (nSPS) is 19.0. The molecule has 0 saturated carbocycles. The number of benzene rings is 2. The van der Waals surface area contributed by atoms with Crippen LogP contribution in [0.4, 0.5) is 8.78 Å². The third kappa shape index (κ3) is 6.56. The van der Waals surface area contributed by atoms with Gasteiger partial charge in [0.25, 0.3) is 0 Å². The van der Waals surface area contributed by atoms with Gasteiger partial charge in [-0.2, -0.15) is 0 Å². The number of rotatable bonds is 10. The molecular formula is C24H30F2N2O3. The number of ether oxygens (including phenoxy) is 2. The number of hydrogen-bond donors (Lipinski definition) is 0. The summed E-state index contributed by atoms with van der Waals surface area (Å²) in [6.45, 7) is 3.62. The molecule has 5 nitrogen and oxygen atoms in total. The topological polar surface area (TPSA) is 42.0 Å². The molecule has 0 aliphatic carbocycles. The number of amides is 1. The van der Waals surface area contributed by atoms with E-state index in [0.29, 0.717) is 26.2 Å². The molecule has 0 bridgehead atoms. The molecular weight excluding hydrogens is 402 g/mol. The summed E-state index contributed by atoms with van der Waals surface area (Å²) in [5.74, 6) is -0.406. The molecule has 2 aromatic carbocycles. The highest BCUT2D eigenvalue weighted by molar-refractivity contribution is 5.77. The maximum Gasteiger partial charge on any atom is 0.248 e. The lowest BCUT2D eigenvalue weighted by molar-refractivity contribution is -0.136. The Hall–Kier alpha value is -2.35. The van der Waals surface area contributed by atoms with Gasteiger partial charge in [-0.05, 0) is 41.3 Å². The van der Waals surface area contributed by atoms with E-state index < -0.39 is 0 Å². The minimum Gasteiger partial charge on any atom is -0.383 e. The number of hydrogen-bond acceptors (Lipinski definition) is 4. The molecule has 2 atom stereocenters. The number of halogens is 2. The average Bonchev–Trinajstić information content (AvgIpc) is 3.15. The van der Waals surface area contributed by atoms with Gasteiger partial charge in [-0.3, -0.25) is 9.69 Å². The Kier molecular flexibility index (Phi) is 8.51. The van der Waals surface area contributed by atoms with Crippen molar-refractivity contribution in [2.45, 2.75) is 12.5 Å². The summed E-state index contributed by atoms with van der Waals surface area (Å²) in [7, 11) is 3.11. The van der Waals surface area contributed by atoms with Gasteiger partial charge in [0.2, 0.25) is 5.91 Å². The van der Waals surface area contributed by atoms with E-state index >= 15 is 0 Å². The van der Waals surface area contributed by atoms with E-state index in [4.69, 9.17) is 9.47 Å². The average molecular weight is 433 g/mol. The Labute approximate surface area is 182 Å². The summed E-state index contributed by atoms with van der Waals surface area (Å²) >= 11 is 0. The molecule has 7 heteroatoms. The minimum atomic E-state index is -0.264. The van der Waals surface area contributed by atoms with Crippen molar-refractivity contribution in [2.75, 3.05) is 53.6 Å². The van der Waals surface area contributed by atoms with E-state index in [1.165, 1.54) is 25.3 Å². The van der Waals surface area contributed by atoms with Crippen molar-refractivity contribution in [1.82, 2.24) is 9.80 Å². The molecule has 168 valence electrons. The second kappa shape index (κ2) is 11.3. The van der Waals surface area contributed by atoms with Crippen LogP contribution in [0.2, 0.25) is 0 Å². The van der Waals surface area contributed by atoms with Gasteiger partial charge < -0.3 is 14.4 Å². The third-order valence-corrected chi connectivity index (χ3v) is 5.75. The Morgan fingerprint density at radius 1 is 1.06 bits per heavy atom. The van der Waals surface area contributed by atoms with Crippen LogP contribution in [-0.4, -0.2) is 69.3 Å². The Bertz CT molecular complexity index is 847. The molecule has 3 rings (SSSR count). The van der Waals surface area contributed by atoms with Crippen molar-refractivity contribution in [1.29, 1.82) is 0 Å². The molecule has 1 amide bonds. The number of likely N-dealkylation sites (tertiary alicyclic amines) is 1. The van der Waals surface area contributed by atoms with Crippen LogP contribution in [0.5, 0.6) is 0 Å². The summed E-state index contributed by atoms with van der Waals surface area (Å²) < 4.78 is 37.4. The van der Waals surface area contributed by atoms with E-state index in [2.05, 4.69) is 4.90 Å². The van der Waals surface area contributed by atoms with Gasteiger partial charge in [0.15, 0.2) is 0 Å². The van der Waals surface area contributed by atoms with E-state index in [1.807, 2.05) is 6.07 Å². The quantitative estimate of drug-likeness (QED) is 0.578. The van der Waals surface area contributed by atoms with Gasteiger partial charge in [0.05, 0.1) is 6.61 Å². The highest BCUT2D eigenvalue weighted by atomic mass is 19.1. The van der Waals surface area contributed by atoms with Crippen LogP contribution in [0.15, 0.2) is 48.5 Å². The zero-order chi connectivity index (χ0) is 22.2. The second-order valence-electron chi connectivity index (χ2n) is 8.01. The number of methoxy groups -OCH3 is 2. The number of nitrogens with zero attached hydrogens (tertiary/aromatic N) is 2. The van der Waals surface area contributed by atoms with Crippen molar-refractivity contribution in [3.63, 3.8) is 0 Å². The molecule has 1 aliphatic heterocycles. The summed E-state index contributed by atoms with van der Waals surface area (Å²) in [6, 6.07) is 13.2. The first kappa shape index (κ1) is 23.3. The van der Waals surface area contributed by atoms with Crippen molar-refractivity contribution in [2.24, 2.45) is 5.92 Å². The molecule has 31 heavy (non-hydrogen) atoms. The largest absolute Gasteiger partial charge is 0.383 e. The van der Waals surface area contributed by atoms with E-state index in [-0.39, 0.29) is 36.0 Å². The third-order valence-electron chi connectivity index (χ3n) is 5.75. The fraction of sp³-hybridized carbons (Fsp3) is 0.458. The number of carbonyl (C=O) groups excluding carboxylic acids is 1. The lowest BCUT2D eigenvalue weighted by atomic mass is 9.88. The Morgan fingerprint density at radius 3 is 2.52 bits per heavy atom. The predicted octanol–water partition coefficient (Wildman–Crippen LogP) is 3.30. The lowest BCUT2D eigenvalue weighted by Gasteiger charge is -2.28. The van der Waals surface area contributed by atoms with Crippen LogP contribution < -0.4 is 0 Å². The standard InChI is InChI=1S/C24H30F2N2O3/c1-30-11-10-28(24(29)17-31-2)15-20-14-27(13-18-6-8-21(25)9-7-18)16-23(20)19-4-3-5-22(26)12-19/h3-9,12,20,23H,10-11,13-17H2,1-2H3/t20-,23-/m0/s1. The number of carbonyl (C=O) groups is 1. The first-order valence-corrected chi connectivity index (χ1v) is 10.5. The summed E-state index contributed by atoms with van der Waals surface area (Å²) in [6.07, 6.45) is 0. The van der Waals surface area contributed by atoms with Crippen molar-refractivity contribution >= 4 is 5.91 Å². The monoisotopic (exact) mass is 432 g/mol. The van der Waals surface area contributed by atoms with Gasteiger partial charge in [0, 0.05) is 52.9 Å². The first-order chi connectivity index (χ1) is 15.0. The van der Waals surface area contributed by atoms with Crippen molar-refractivity contribution < 1.29 is 23.0 Å². The predicted molar refractivity (Wildman–Crippen MR) is 115 cm³/mol. The Morgan fingerprint density at radius 2 is 1.84 bits per heavy atom. The molecule has 0 aromatic heterocycles. The van der Waals surface area contributed by atoms with E-state index in [0.717, 1.165) is 24.2 Å². The van der Waals surface area contributed by atoms with Gasteiger partial charge in [-0.15, -0.1) is 0 Å². The smallest absolute Gasteiger partial charge is 0.248 e. The van der Waals surface area contributed by atoms with Gasteiger partial charge in [0.1, 0.15) is 18.2 Å². The fourth-order valence-corrected chi connectivity index (χ4v) is 4.25. The van der Waals surface area contributed by atoms with Crippen molar-refractivity contribution in [3.05, 3.63) is 71.3 Å². The summed E-state index contributed by atoms with van der Waals surface area (Å²) in [4.78, 5) is 16.6. The van der Waals surface area contributed by atoms with Crippen LogP contribution in [0.1, 0.15) is 17.0 Å². The molecule has 1 fully saturated rings. The molecule has 2 aromatic rings. The summed E-state index contributed by atoms with van der Waals surface area (Å²) in [5.41, 5.74) is 1.95. The van der Waals surface area contributed by atoms with Crippen LogP contribution in [-0.2, 0) is 20.8 Å². The molecule has 0 N–H and O–H groups in total. The second-order valence-corrected chi connectivity index (χ2v) is 8.01. The Balaban J connectivity index is 1.79. The molecule has 0 radical (unpaired) electrons. The summed E-state index contributed by atoms with van der Waals surface area (Å²) in [5, 5.41) is 0. The van der Waals surface area contributed by atoms with Crippen LogP contribution in [0.3, 0.4) is 0 Å². The zero-order valence-electron chi connectivity index (χ0n) is 18.1. The fourth-order valence-electron chi connectivity index (χ4n) is 4.25. The van der Waals surface area contributed by atoms with Crippen molar-refractivity contribution in [3.8, 4) is 0 Å². The highest BCUT2D eigenvalue weighted by Gasteiger charge is 2.35. The van der Waals surface area contributed by atoms with Gasteiger partial charge in [-0.1, -0.05) is 24.3 Å². The van der Waals surface area contributed by atoms with Crippen LogP contribution in [0.25, 0.3) is 0 Å². The van der Waals surface area contributed by atoms with Gasteiger partial charge >= 0.3 is 0 Å². The lowest BCUT2D eigenvalue weighted by Crippen LogP contribution is -2.41. The van der Waals surface area contributed by atoms with Crippen LogP contribution >= 0.6 is 0 Å². The maximum atomic E-state index is 13.9.